The number of likely N-dealkylation sites (N-methyl/N-ethyl adjacent to an activating group) is 1. The largest absolute Gasteiger partial charge is 0.503 e. The van der Waals surface area contributed by atoms with Crippen LogP contribution in [0.5, 0.6) is 11.5 Å². The topological polar surface area (TPSA) is 35.9 Å². The maximum Gasteiger partial charge on any atom is 0.172 e. The van der Waals surface area contributed by atoms with Gasteiger partial charge in [0.1, 0.15) is 0 Å². The van der Waals surface area contributed by atoms with E-state index in [1.165, 1.54) is 12.8 Å². The van der Waals surface area contributed by atoms with E-state index < -0.39 is 0 Å². The van der Waals surface area contributed by atoms with E-state index in [-0.39, 0.29) is 5.75 Å². The van der Waals surface area contributed by atoms with Crippen LogP contribution in [0.4, 0.5) is 0 Å². The van der Waals surface area contributed by atoms with Crippen molar-refractivity contribution in [2.75, 3.05) is 34.3 Å². The van der Waals surface area contributed by atoms with Gasteiger partial charge in [-0.05, 0) is 67.1 Å². The summed E-state index contributed by atoms with van der Waals surface area (Å²) in [5.74, 6) is 0.695. The first-order valence-corrected chi connectivity index (χ1v) is 7.74. The number of aromatic hydroxyl groups is 1. The van der Waals surface area contributed by atoms with E-state index in [1.54, 1.807) is 7.11 Å². The Hall–Kier alpha value is -0.780. The molecule has 0 spiro atoms. The molecule has 0 aromatic heterocycles. The van der Waals surface area contributed by atoms with Crippen molar-refractivity contribution in [3.8, 4) is 11.5 Å². The van der Waals surface area contributed by atoms with Crippen LogP contribution in [0.25, 0.3) is 0 Å². The Kier molecular flexibility index (Phi) is 5.29. The van der Waals surface area contributed by atoms with Crippen LogP contribution in [0.2, 0.25) is 0 Å². The minimum Gasteiger partial charge on any atom is -0.503 e. The van der Waals surface area contributed by atoms with Gasteiger partial charge >= 0.3 is 0 Å². The van der Waals surface area contributed by atoms with E-state index in [2.05, 4.69) is 39.8 Å². The van der Waals surface area contributed by atoms with Crippen LogP contribution in [0.15, 0.2) is 16.6 Å². The number of methoxy groups -OCH3 is 1. The van der Waals surface area contributed by atoms with Crippen molar-refractivity contribution in [2.45, 2.75) is 25.4 Å². The summed E-state index contributed by atoms with van der Waals surface area (Å²) >= 11 is 3.39. The highest BCUT2D eigenvalue weighted by Crippen LogP contribution is 2.36. The molecule has 0 bridgehead atoms. The average molecular weight is 343 g/mol. The van der Waals surface area contributed by atoms with Crippen molar-refractivity contribution in [3.63, 3.8) is 0 Å². The van der Waals surface area contributed by atoms with Gasteiger partial charge in [-0.3, -0.25) is 4.90 Å². The molecule has 1 atom stereocenters. The van der Waals surface area contributed by atoms with E-state index in [1.807, 2.05) is 12.1 Å². The zero-order valence-corrected chi connectivity index (χ0v) is 14.0. The first kappa shape index (κ1) is 15.6. The van der Waals surface area contributed by atoms with Gasteiger partial charge in [0.25, 0.3) is 0 Å². The maximum absolute atomic E-state index is 9.86. The molecular formula is C15H23BrN2O2. The highest BCUT2D eigenvalue weighted by atomic mass is 79.9. The SMILES string of the molecule is COc1cc(CN2CCCC2CN(C)C)cc(Br)c1O. The standard InChI is InChI=1S/C15H23BrN2O2/c1-17(2)10-12-5-4-6-18(12)9-11-7-13(16)15(19)14(8-11)20-3/h7-8,12,19H,4-6,9-10H2,1-3H3. The van der Waals surface area contributed by atoms with Gasteiger partial charge in [-0.25, -0.2) is 0 Å². The highest BCUT2D eigenvalue weighted by molar-refractivity contribution is 9.10. The fraction of sp³-hybridized carbons (Fsp3) is 0.600. The molecule has 1 aliphatic heterocycles. The quantitative estimate of drug-likeness (QED) is 0.892. The summed E-state index contributed by atoms with van der Waals surface area (Å²) in [5.41, 5.74) is 1.16. The van der Waals surface area contributed by atoms with Crippen LogP contribution in [-0.4, -0.2) is 55.2 Å². The molecule has 0 radical (unpaired) electrons. The normalized spacial score (nSPS) is 19.8. The van der Waals surface area contributed by atoms with Crippen LogP contribution in [0, 0.1) is 0 Å². The number of halogens is 1. The molecule has 1 fully saturated rings. The fourth-order valence-electron chi connectivity index (χ4n) is 2.84. The molecule has 1 aromatic rings. The molecule has 0 saturated carbocycles. The zero-order chi connectivity index (χ0) is 14.7. The molecule has 1 aliphatic rings. The number of ether oxygens (including phenoxy) is 1. The average Bonchev–Trinajstić information content (AvgIpc) is 2.80. The van der Waals surface area contributed by atoms with Crippen LogP contribution in [-0.2, 0) is 6.54 Å². The van der Waals surface area contributed by atoms with Crippen LogP contribution in [0.1, 0.15) is 18.4 Å². The summed E-state index contributed by atoms with van der Waals surface area (Å²) in [6.07, 6.45) is 2.52. The summed E-state index contributed by atoms with van der Waals surface area (Å²) in [4.78, 5) is 4.76. The van der Waals surface area contributed by atoms with Gasteiger partial charge in [0.05, 0.1) is 11.6 Å². The van der Waals surface area contributed by atoms with E-state index >= 15 is 0 Å². The molecule has 5 heteroatoms. The van der Waals surface area contributed by atoms with E-state index in [9.17, 15) is 5.11 Å². The Balaban J connectivity index is 2.11. The molecule has 1 aromatic carbocycles. The molecule has 112 valence electrons. The maximum atomic E-state index is 9.86. The molecule has 2 rings (SSSR count). The lowest BCUT2D eigenvalue weighted by molar-refractivity contribution is 0.201. The third-order valence-electron chi connectivity index (χ3n) is 3.77. The first-order chi connectivity index (χ1) is 9.51. The molecule has 4 nitrogen and oxygen atoms in total. The van der Waals surface area contributed by atoms with Gasteiger partial charge in [-0.15, -0.1) is 0 Å². The molecule has 1 heterocycles. The van der Waals surface area contributed by atoms with Crippen molar-refractivity contribution in [2.24, 2.45) is 0 Å². The third-order valence-corrected chi connectivity index (χ3v) is 4.37. The molecule has 1 unspecified atom stereocenters. The number of nitrogens with zero attached hydrogens (tertiary/aromatic N) is 2. The second-order valence-corrected chi connectivity index (χ2v) is 6.51. The predicted molar refractivity (Wildman–Crippen MR) is 84.3 cm³/mol. The summed E-state index contributed by atoms with van der Waals surface area (Å²) in [5, 5.41) is 9.86. The lowest BCUT2D eigenvalue weighted by atomic mass is 10.1. The van der Waals surface area contributed by atoms with Gasteiger partial charge in [0.15, 0.2) is 11.5 Å². The van der Waals surface area contributed by atoms with E-state index in [4.69, 9.17) is 4.74 Å². The minimum absolute atomic E-state index is 0.169. The monoisotopic (exact) mass is 342 g/mol. The number of benzene rings is 1. The molecular weight excluding hydrogens is 320 g/mol. The van der Waals surface area contributed by atoms with Crippen LogP contribution in [0.3, 0.4) is 0 Å². The van der Waals surface area contributed by atoms with Gasteiger partial charge in [-0.2, -0.15) is 0 Å². The second-order valence-electron chi connectivity index (χ2n) is 5.66. The second kappa shape index (κ2) is 6.78. The fourth-order valence-corrected chi connectivity index (χ4v) is 3.33. The number of likely N-dealkylation sites (tertiary alicyclic amines) is 1. The number of hydrogen-bond donors (Lipinski definition) is 1. The Bertz CT molecular complexity index is 465. The van der Waals surface area contributed by atoms with Crippen LogP contribution < -0.4 is 4.74 Å². The zero-order valence-electron chi connectivity index (χ0n) is 12.4. The molecule has 20 heavy (non-hydrogen) atoms. The molecule has 0 aliphatic carbocycles. The van der Waals surface area contributed by atoms with Crippen molar-refractivity contribution < 1.29 is 9.84 Å². The van der Waals surface area contributed by atoms with Crippen molar-refractivity contribution >= 4 is 15.9 Å². The number of rotatable bonds is 5. The van der Waals surface area contributed by atoms with E-state index in [0.717, 1.165) is 25.2 Å². The lowest BCUT2D eigenvalue weighted by Gasteiger charge is -2.27. The predicted octanol–water partition coefficient (Wildman–Crippen LogP) is 2.69. The number of hydrogen-bond acceptors (Lipinski definition) is 4. The molecule has 1 saturated heterocycles. The van der Waals surface area contributed by atoms with Gasteiger partial charge < -0.3 is 14.7 Å². The summed E-state index contributed by atoms with van der Waals surface area (Å²) in [6, 6.07) is 4.51. The Morgan fingerprint density at radius 2 is 2.20 bits per heavy atom. The summed E-state index contributed by atoms with van der Waals surface area (Å²) in [6.45, 7) is 3.13. The van der Waals surface area contributed by atoms with Crippen LogP contribution >= 0.6 is 15.9 Å². The lowest BCUT2D eigenvalue weighted by Crippen LogP contribution is -2.37. The number of phenols is 1. The summed E-state index contributed by atoms with van der Waals surface area (Å²) in [7, 11) is 5.82. The third kappa shape index (κ3) is 3.65. The smallest absolute Gasteiger partial charge is 0.172 e. The van der Waals surface area contributed by atoms with Gasteiger partial charge in [-0.1, -0.05) is 0 Å². The van der Waals surface area contributed by atoms with Crippen molar-refractivity contribution in [3.05, 3.63) is 22.2 Å². The van der Waals surface area contributed by atoms with Gasteiger partial charge in [0, 0.05) is 19.1 Å². The van der Waals surface area contributed by atoms with Crippen molar-refractivity contribution in [1.29, 1.82) is 0 Å². The number of phenolic OH excluding ortho intramolecular Hbond substituents is 1. The Labute approximate surface area is 129 Å². The highest BCUT2D eigenvalue weighted by Gasteiger charge is 2.25. The Morgan fingerprint density at radius 3 is 2.85 bits per heavy atom. The molecule has 1 N–H and O–H groups in total. The van der Waals surface area contributed by atoms with Gasteiger partial charge in [0.2, 0.25) is 0 Å². The van der Waals surface area contributed by atoms with Crippen molar-refractivity contribution in [1.82, 2.24) is 9.80 Å². The van der Waals surface area contributed by atoms with E-state index in [0.29, 0.717) is 16.3 Å². The first-order valence-electron chi connectivity index (χ1n) is 6.95. The summed E-state index contributed by atoms with van der Waals surface area (Å²) < 4.78 is 5.91. The Morgan fingerprint density at radius 1 is 1.45 bits per heavy atom. The minimum atomic E-state index is 0.169. The molecule has 0 amide bonds.